The fourth-order valence-corrected chi connectivity index (χ4v) is 4.71. The molecule has 0 aromatic heterocycles. The van der Waals surface area contributed by atoms with Gasteiger partial charge in [0.15, 0.2) is 0 Å². The Morgan fingerprint density at radius 1 is 1.40 bits per heavy atom. The quantitative estimate of drug-likeness (QED) is 0.671. The highest BCUT2D eigenvalue weighted by Gasteiger charge is 2.33. The van der Waals surface area contributed by atoms with Gasteiger partial charge in [-0.3, -0.25) is 0 Å². The first kappa shape index (κ1) is 15.1. The van der Waals surface area contributed by atoms with Gasteiger partial charge in [-0.25, -0.2) is 8.42 Å². The minimum Gasteiger partial charge on any atom is -0.398 e. The minimum absolute atomic E-state index is 0.0823. The Balaban J connectivity index is 2.44. The van der Waals surface area contributed by atoms with E-state index < -0.39 is 10.0 Å². The second-order valence-corrected chi connectivity index (χ2v) is 7.13. The lowest BCUT2D eigenvalue weighted by Crippen LogP contribution is -2.39. The van der Waals surface area contributed by atoms with Gasteiger partial charge in [0, 0.05) is 18.3 Å². The van der Waals surface area contributed by atoms with E-state index in [0.29, 0.717) is 22.7 Å². The smallest absolute Gasteiger partial charge is 0.243 e. The van der Waals surface area contributed by atoms with Gasteiger partial charge in [-0.15, -0.1) is 6.58 Å². The summed E-state index contributed by atoms with van der Waals surface area (Å²) in [7, 11) is -3.52. The van der Waals surface area contributed by atoms with Crippen molar-refractivity contribution in [3.05, 3.63) is 36.4 Å². The summed E-state index contributed by atoms with van der Waals surface area (Å²) in [4.78, 5) is 0.311. The number of nitrogen functional groups attached to an aromatic ring is 1. The Morgan fingerprint density at radius 2 is 2.05 bits per heavy atom. The third kappa shape index (κ3) is 2.74. The van der Waals surface area contributed by atoms with Crippen LogP contribution >= 0.6 is 0 Å². The molecule has 0 unspecified atom stereocenters. The van der Waals surface area contributed by atoms with E-state index in [9.17, 15) is 8.42 Å². The van der Waals surface area contributed by atoms with Crippen molar-refractivity contribution in [1.82, 2.24) is 4.31 Å². The monoisotopic (exact) mass is 294 g/mol. The van der Waals surface area contributed by atoms with Gasteiger partial charge in [0.1, 0.15) is 0 Å². The van der Waals surface area contributed by atoms with Crippen LogP contribution < -0.4 is 5.73 Å². The van der Waals surface area contributed by atoms with E-state index in [1.807, 2.05) is 0 Å². The minimum atomic E-state index is -3.52. The summed E-state index contributed by atoms with van der Waals surface area (Å²) in [6.45, 7) is 5.79. The SMILES string of the molecule is C=CCN(C1CCCC1)S(=O)(=O)c1cccc(N)c1C. The van der Waals surface area contributed by atoms with Gasteiger partial charge >= 0.3 is 0 Å². The molecule has 0 bridgehead atoms. The van der Waals surface area contributed by atoms with Gasteiger partial charge in [0.2, 0.25) is 10.0 Å². The predicted molar refractivity (Wildman–Crippen MR) is 81.9 cm³/mol. The van der Waals surface area contributed by atoms with Gasteiger partial charge in [0.25, 0.3) is 0 Å². The van der Waals surface area contributed by atoms with Gasteiger partial charge in [-0.2, -0.15) is 4.31 Å². The Kier molecular flexibility index (Phi) is 4.50. The zero-order valence-corrected chi connectivity index (χ0v) is 12.7. The van der Waals surface area contributed by atoms with Crippen molar-refractivity contribution in [2.45, 2.75) is 43.5 Å². The molecular weight excluding hydrogens is 272 g/mol. The number of anilines is 1. The number of rotatable bonds is 5. The van der Waals surface area contributed by atoms with E-state index in [2.05, 4.69) is 6.58 Å². The van der Waals surface area contributed by atoms with E-state index in [1.165, 1.54) is 0 Å². The molecule has 1 aliphatic carbocycles. The highest BCUT2D eigenvalue weighted by Crippen LogP contribution is 2.30. The average molecular weight is 294 g/mol. The van der Waals surface area contributed by atoms with Crippen LogP contribution in [-0.4, -0.2) is 25.3 Å². The predicted octanol–water partition coefficient (Wildman–Crippen LogP) is 2.70. The maximum absolute atomic E-state index is 12.9. The molecule has 1 fully saturated rings. The topological polar surface area (TPSA) is 63.4 Å². The molecule has 20 heavy (non-hydrogen) atoms. The number of hydrogen-bond acceptors (Lipinski definition) is 3. The molecule has 5 heteroatoms. The zero-order chi connectivity index (χ0) is 14.8. The molecule has 2 rings (SSSR count). The molecule has 1 aromatic rings. The molecule has 2 N–H and O–H groups in total. The van der Waals surface area contributed by atoms with Crippen molar-refractivity contribution < 1.29 is 8.42 Å². The molecule has 0 amide bonds. The Labute approximate surface area is 121 Å². The van der Waals surface area contributed by atoms with Crippen LogP contribution in [0.5, 0.6) is 0 Å². The summed E-state index contributed by atoms with van der Waals surface area (Å²) in [5, 5.41) is 0. The molecule has 0 spiro atoms. The fraction of sp³-hybridized carbons (Fsp3) is 0.467. The lowest BCUT2D eigenvalue weighted by molar-refractivity contribution is 0.347. The molecule has 0 radical (unpaired) electrons. The summed E-state index contributed by atoms with van der Waals surface area (Å²) in [5.74, 6) is 0. The number of benzene rings is 1. The number of nitrogens with two attached hydrogens (primary N) is 1. The first-order valence-corrected chi connectivity index (χ1v) is 8.40. The maximum Gasteiger partial charge on any atom is 0.243 e. The number of nitrogens with zero attached hydrogens (tertiary/aromatic N) is 1. The van der Waals surface area contributed by atoms with E-state index in [0.717, 1.165) is 25.7 Å². The summed E-state index contributed by atoms with van der Waals surface area (Å²) in [6.07, 6.45) is 5.67. The van der Waals surface area contributed by atoms with Crippen LogP contribution in [0.3, 0.4) is 0 Å². The fourth-order valence-electron chi connectivity index (χ4n) is 2.80. The Bertz CT molecular complexity index is 590. The first-order valence-electron chi connectivity index (χ1n) is 6.96. The summed E-state index contributed by atoms with van der Waals surface area (Å²) in [6, 6.07) is 5.13. The van der Waals surface area contributed by atoms with Crippen LogP contribution in [0.25, 0.3) is 0 Å². The number of sulfonamides is 1. The van der Waals surface area contributed by atoms with E-state index in [4.69, 9.17) is 5.73 Å². The lowest BCUT2D eigenvalue weighted by atomic mass is 10.2. The van der Waals surface area contributed by atoms with Crippen molar-refractivity contribution >= 4 is 15.7 Å². The maximum atomic E-state index is 12.9. The summed E-state index contributed by atoms with van der Waals surface area (Å²) < 4.78 is 27.4. The van der Waals surface area contributed by atoms with Crippen LogP contribution in [0.4, 0.5) is 5.69 Å². The molecular formula is C15H22N2O2S. The first-order chi connectivity index (χ1) is 9.48. The van der Waals surface area contributed by atoms with E-state index in [1.54, 1.807) is 35.5 Å². The lowest BCUT2D eigenvalue weighted by Gasteiger charge is -2.27. The number of hydrogen-bond donors (Lipinski definition) is 1. The standard InChI is InChI=1S/C15H22N2O2S/c1-3-11-17(13-7-4-5-8-13)20(18,19)15-10-6-9-14(16)12(15)2/h3,6,9-10,13H,1,4-5,7-8,11,16H2,2H3. The summed E-state index contributed by atoms with van der Waals surface area (Å²) in [5.41, 5.74) is 6.98. The molecule has 1 aliphatic rings. The molecule has 0 saturated heterocycles. The van der Waals surface area contributed by atoms with Gasteiger partial charge in [-0.05, 0) is 37.5 Å². The summed E-state index contributed by atoms with van der Waals surface area (Å²) >= 11 is 0. The van der Waals surface area contributed by atoms with Crippen molar-refractivity contribution in [3.63, 3.8) is 0 Å². The zero-order valence-electron chi connectivity index (χ0n) is 11.9. The van der Waals surface area contributed by atoms with Crippen molar-refractivity contribution in [2.75, 3.05) is 12.3 Å². The Hall–Kier alpha value is -1.33. The molecule has 110 valence electrons. The normalized spacial score (nSPS) is 16.7. The van der Waals surface area contributed by atoms with E-state index in [-0.39, 0.29) is 6.04 Å². The van der Waals surface area contributed by atoms with Gasteiger partial charge in [0.05, 0.1) is 4.90 Å². The largest absolute Gasteiger partial charge is 0.398 e. The van der Waals surface area contributed by atoms with Gasteiger partial charge < -0.3 is 5.73 Å². The second kappa shape index (κ2) is 5.97. The average Bonchev–Trinajstić information content (AvgIpc) is 2.92. The highest BCUT2D eigenvalue weighted by atomic mass is 32.2. The molecule has 0 atom stereocenters. The van der Waals surface area contributed by atoms with Crippen molar-refractivity contribution in [1.29, 1.82) is 0 Å². The van der Waals surface area contributed by atoms with Crippen molar-refractivity contribution in [3.8, 4) is 0 Å². The Morgan fingerprint density at radius 3 is 2.65 bits per heavy atom. The van der Waals surface area contributed by atoms with Crippen molar-refractivity contribution in [2.24, 2.45) is 0 Å². The van der Waals surface area contributed by atoms with Crippen LogP contribution in [-0.2, 0) is 10.0 Å². The third-order valence-corrected chi connectivity index (χ3v) is 6.02. The molecule has 0 heterocycles. The van der Waals surface area contributed by atoms with Crippen LogP contribution in [0.2, 0.25) is 0 Å². The molecule has 4 nitrogen and oxygen atoms in total. The highest BCUT2D eigenvalue weighted by molar-refractivity contribution is 7.89. The van der Waals surface area contributed by atoms with Gasteiger partial charge in [-0.1, -0.05) is 25.0 Å². The molecule has 1 aromatic carbocycles. The van der Waals surface area contributed by atoms with Crippen LogP contribution in [0.15, 0.2) is 35.7 Å². The third-order valence-electron chi connectivity index (χ3n) is 3.95. The second-order valence-electron chi connectivity index (χ2n) is 5.27. The molecule has 0 aliphatic heterocycles. The van der Waals surface area contributed by atoms with E-state index >= 15 is 0 Å². The molecule has 1 saturated carbocycles. The van der Waals surface area contributed by atoms with Crippen LogP contribution in [0.1, 0.15) is 31.2 Å². The van der Waals surface area contributed by atoms with Crippen LogP contribution in [0, 0.1) is 6.92 Å².